The summed E-state index contributed by atoms with van der Waals surface area (Å²) in [5, 5.41) is 4.87. The van der Waals surface area contributed by atoms with E-state index < -0.39 is 0 Å². The van der Waals surface area contributed by atoms with Crippen LogP contribution < -0.4 is 5.32 Å². The van der Waals surface area contributed by atoms with Crippen molar-refractivity contribution in [3.8, 4) is 0 Å². The van der Waals surface area contributed by atoms with E-state index in [1.807, 2.05) is 6.07 Å². The number of nitrogens with one attached hydrogen (secondary N) is 1. The molecule has 0 spiro atoms. The fourth-order valence-electron chi connectivity index (χ4n) is 3.36. The lowest BCUT2D eigenvalue weighted by atomic mass is 9.63. The summed E-state index contributed by atoms with van der Waals surface area (Å²) < 4.78 is 0. The van der Waals surface area contributed by atoms with Gasteiger partial charge in [0.1, 0.15) is 0 Å². The third kappa shape index (κ3) is 3.09. The Labute approximate surface area is 126 Å². The predicted octanol–water partition coefficient (Wildman–Crippen LogP) is 5.05. The molecule has 0 saturated heterocycles. The lowest BCUT2D eigenvalue weighted by Gasteiger charge is -2.44. The lowest BCUT2D eigenvalue weighted by molar-refractivity contribution is 0.194. The molecule has 0 bridgehead atoms. The zero-order valence-electron chi connectivity index (χ0n) is 11.8. The molecule has 1 aliphatic carbocycles. The number of benzene rings is 1. The van der Waals surface area contributed by atoms with Crippen molar-refractivity contribution in [2.24, 2.45) is 5.92 Å². The van der Waals surface area contributed by atoms with Crippen molar-refractivity contribution in [1.29, 1.82) is 0 Å². The highest BCUT2D eigenvalue weighted by atomic mass is 35.5. The first kappa shape index (κ1) is 15.2. The highest BCUT2D eigenvalue weighted by Gasteiger charge is 2.39. The molecule has 2 atom stereocenters. The minimum Gasteiger partial charge on any atom is -0.316 e. The topological polar surface area (TPSA) is 12.0 Å². The zero-order valence-corrected chi connectivity index (χ0v) is 13.3. The monoisotopic (exact) mass is 299 g/mol. The van der Waals surface area contributed by atoms with E-state index in [0.717, 1.165) is 13.1 Å². The van der Waals surface area contributed by atoms with Crippen LogP contribution in [0.4, 0.5) is 0 Å². The summed E-state index contributed by atoms with van der Waals surface area (Å²) in [5.41, 5.74) is 1.55. The molecular weight excluding hydrogens is 277 g/mol. The van der Waals surface area contributed by atoms with Crippen LogP contribution in [-0.4, -0.2) is 13.1 Å². The Kier molecular flexibility index (Phi) is 5.16. The van der Waals surface area contributed by atoms with Crippen molar-refractivity contribution < 1.29 is 0 Å². The first-order valence-electron chi connectivity index (χ1n) is 7.26. The summed E-state index contributed by atoms with van der Waals surface area (Å²) in [6.45, 7) is 6.58. The number of hydrogen-bond acceptors (Lipinski definition) is 1. The molecule has 19 heavy (non-hydrogen) atoms. The summed E-state index contributed by atoms with van der Waals surface area (Å²) in [7, 11) is 0. The van der Waals surface area contributed by atoms with E-state index >= 15 is 0 Å². The summed E-state index contributed by atoms with van der Waals surface area (Å²) in [4.78, 5) is 0. The van der Waals surface area contributed by atoms with Crippen molar-refractivity contribution >= 4 is 23.2 Å². The quantitative estimate of drug-likeness (QED) is 0.820. The van der Waals surface area contributed by atoms with Gasteiger partial charge >= 0.3 is 0 Å². The average molecular weight is 300 g/mol. The smallest absolute Gasteiger partial charge is 0.0595 e. The van der Waals surface area contributed by atoms with E-state index in [1.54, 1.807) is 0 Å². The van der Waals surface area contributed by atoms with Gasteiger partial charge in [-0.15, -0.1) is 0 Å². The van der Waals surface area contributed by atoms with E-state index in [1.165, 1.54) is 31.2 Å². The SMILES string of the molecule is CCNC[C@]1(c2ccc(Cl)c(Cl)c2)CCCC[C@@H]1C. The second kappa shape index (κ2) is 6.47. The molecule has 2 rings (SSSR count). The Morgan fingerprint density at radius 1 is 1.26 bits per heavy atom. The largest absolute Gasteiger partial charge is 0.316 e. The molecule has 106 valence electrons. The fourth-order valence-corrected chi connectivity index (χ4v) is 3.66. The summed E-state index contributed by atoms with van der Waals surface area (Å²) >= 11 is 12.3. The van der Waals surface area contributed by atoms with Crippen LogP contribution in [0.1, 0.15) is 45.1 Å². The minimum absolute atomic E-state index is 0.211. The zero-order chi connectivity index (χ0) is 13.9. The van der Waals surface area contributed by atoms with Crippen LogP contribution in [0.2, 0.25) is 10.0 Å². The van der Waals surface area contributed by atoms with E-state index in [2.05, 4.69) is 31.3 Å². The molecule has 0 radical (unpaired) electrons. The maximum absolute atomic E-state index is 6.22. The van der Waals surface area contributed by atoms with Gasteiger partial charge in [0.2, 0.25) is 0 Å². The van der Waals surface area contributed by atoms with Crippen molar-refractivity contribution in [3.63, 3.8) is 0 Å². The van der Waals surface area contributed by atoms with Crippen LogP contribution in [-0.2, 0) is 5.41 Å². The van der Waals surface area contributed by atoms with Crippen LogP contribution in [0.3, 0.4) is 0 Å². The first-order chi connectivity index (χ1) is 9.10. The molecule has 0 aliphatic heterocycles. The Morgan fingerprint density at radius 2 is 2.05 bits per heavy atom. The maximum Gasteiger partial charge on any atom is 0.0595 e. The molecule has 1 fully saturated rings. The van der Waals surface area contributed by atoms with Crippen molar-refractivity contribution in [2.45, 2.75) is 44.9 Å². The molecule has 1 aliphatic rings. The molecule has 1 saturated carbocycles. The van der Waals surface area contributed by atoms with Crippen molar-refractivity contribution in [3.05, 3.63) is 33.8 Å². The number of likely N-dealkylation sites (N-methyl/N-ethyl adjacent to an activating group) is 1. The average Bonchev–Trinajstić information content (AvgIpc) is 2.41. The molecule has 0 amide bonds. The van der Waals surface area contributed by atoms with E-state index in [9.17, 15) is 0 Å². The molecule has 3 heteroatoms. The maximum atomic E-state index is 6.22. The molecule has 1 aromatic rings. The Hall–Kier alpha value is -0.240. The highest BCUT2D eigenvalue weighted by molar-refractivity contribution is 6.42. The van der Waals surface area contributed by atoms with Crippen LogP contribution in [0, 0.1) is 5.92 Å². The standard InChI is InChI=1S/C16H23Cl2N/c1-3-19-11-16(9-5-4-6-12(16)2)13-7-8-14(17)15(18)10-13/h7-8,10,12,19H,3-6,9,11H2,1-2H3/t12-,16+/m0/s1. The Bertz CT molecular complexity index is 433. The van der Waals surface area contributed by atoms with Crippen LogP contribution >= 0.6 is 23.2 Å². The van der Waals surface area contributed by atoms with Gasteiger partial charge in [-0.1, -0.05) is 56.0 Å². The van der Waals surface area contributed by atoms with Gasteiger partial charge in [0.15, 0.2) is 0 Å². The summed E-state index contributed by atoms with van der Waals surface area (Å²) in [6, 6.07) is 6.17. The Balaban J connectivity index is 2.37. The molecule has 0 aromatic heterocycles. The third-order valence-corrected chi connectivity index (χ3v) is 5.38. The highest BCUT2D eigenvalue weighted by Crippen LogP contribution is 2.44. The van der Waals surface area contributed by atoms with Gasteiger partial charge in [-0.05, 0) is 43.0 Å². The van der Waals surface area contributed by atoms with Crippen molar-refractivity contribution in [1.82, 2.24) is 5.32 Å². The molecule has 1 N–H and O–H groups in total. The molecule has 0 unspecified atom stereocenters. The fraction of sp³-hybridized carbons (Fsp3) is 0.625. The minimum atomic E-state index is 0.211. The van der Waals surface area contributed by atoms with E-state index in [0.29, 0.717) is 16.0 Å². The van der Waals surface area contributed by atoms with Crippen LogP contribution in [0.25, 0.3) is 0 Å². The van der Waals surface area contributed by atoms with Crippen LogP contribution in [0.5, 0.6) is 0 Å². The number of hydrogen-bond donors (Lipinski definition) is 1. The third-order valence-electron chi connectivity index (χ3n) is 4.64. The first-order valence-corrected chi connectivity index (χ1v) is 8.02. The second-order valence-corrected chi connectivity index (χ2v) is 6.53. The van der Waals surface area contributed by atoms with Gasteiger partial charge in [-0.3, -0.25) is 0 Å². The second-order valence-electron chi connectivity index (χ2n) is 5.71. The van der Waals surface area contributed by atoms with Crippen LogP contribution in [0.15, 0.2) is 18.2 Å². The number of rotatable bonds is 4. The van der Waals surface area contributed by atoms with Gasteiger partial charge in [0.05, 0.1) is 10.0 Å². The van der Waals surface area contributed by atoms with Gasteiger partial charge in [-0.25, -0.2) is 0 Å². The normalized spacial score (nSPS) is 27.5. The van der Waals surface area contributed by atoms with Gasteiger partial charge in [-0.2, -0.15) is 0 Å². The van der Waals surface area contributed by atoms with Gasteiger partial charge in [0, 0.05) is 12.0 Å². The predicted molar refractivity (Wildman–Crippen MR) is 84.3 cm³/mol. The molecule has 1 aromatic carbocycles. The molecular formula is C16H23Cl2N. The van der Waals surface area contributed by atoms with E-state index in [-0.39, 0.29) is 5.41 Å². The van der Waals surface area contributed by atoms with Gasteiger partial charge < -0.3 is 5.32 Å². The molecule has 0 heterocycles. The molecule has 1 nitrogen and oxygen atoms in total. The summed E-state index contributed by atoms with van der Waals surface area (Å²) in [6.07, 6.45) is 5.18. The Morgan fingerprint density at radius 3 is 2.68 bits per heavy atom. The number of halogens is 2. The van der Waals surface area contributed by atoms with Gasteiger partial charge in [0.25, 0.3) is 0 Å². The lowest BCUT2D eigenvalue weighted by Crippen LogP contribution is -2.45. The van der Waals surface area contributed by atoms with Crippen molar-refractivity contribution in [2.75, 3.05) is 13.1 Å². The summed E-state index contributed by atoms with van der Waals surface area (Å²) in [5.74, 6) is 0.678. The van der Waals surface area contributed by atoms with E-state index in [4.69, 9.17) is 23.2 Å².